The van der Waals surface area contributed by atoms with Gasteiger partial charge in [-0.2, -0.15) is 0 Å². The molecule has 1 amide bonds. The topological polar surface area (TPSA) is 72.5 Å². The van der Waals surface area contributed by atoms with Crippen LogP contribution in [0.2, 0.25) is 0 Å². The number of likely N-dealkylation sites (tertiary alicyclic amines) is 1. The summed E-state index contributed by atoms with van der Waals surface area (Å²) in [7, 11) is 0. The molecule has 0 saturated carbocycles. The number of nitrogens with zero attached hydrogens (tertiary/aromatic N) is 5. The summed E-state index contributed by atoms with van der Waals surface area (Å²) in [5.74, 6) is 0.895. The fraction of sp³-hybridized carbons (Fsp3) is 0.385. The van der Waals surface area contributed by atoms with Gasteiger partial charge in [-0.3, -0.25) is 14.0 Å². The van der Waals surface area contributed by atoms with Gasteiger partial charge in [0.15, 0.2) is 5.16 Å². The molecule has 4 aromatic rings. The Balaban J connectivity index is 1.57. The molecule has 2 aromatic carbocycles. The normalized spacial score (nSPS) is 14.9. The van der Waals surface area contributed by atoms with Crippen LogP contribution in [0.3, 0.4) is 0 Å². The number of thioether (sulfide) groups is 1. The van der Waals surface area contributed by atoms with E-state index in [-0.39, 0.29) is 11.5 Å². The first kappa shape index (κ1) is 22.7. The third-order valence-electron chi connectivity index (χ3n) is 6.53. The molecule has 0 atom stereocenters. The summed E-state index contributed by atoms with van der Waals surface area (Å²) in [6, 6.07) is 13.6. The highest BCUT2D eigenvalue weighted by atomic mass is 32.2. The molecule has 7 nitrogen and oxygen atoms in total. The number of carbonyl (C=O) groups excluding carboxylic acids is 1. The molecule has 8 heteroatoms. The van der Waals surface area contributed by atoms with E-state index < -0.39 is 0 Å². The van der Waals surface area contributed by atoms with Gasteiger partial charge in [0.05, 0.1) is 22.3 Å². The first-order valence-electron chi connectivity index (χ1n) is 11.9. The Hall–Kier alpha value is -3.13. The lowest BCUT2D eigenvalue weighted by Gasteiger charge is -2.24. The molecule has 5 rings (SSSR count). The van der Waals surface area contributed by atoms with Crippen LogP contribution in [0, 0.1) is 13.8 Å². The van der Waals surface area contributed by atoms with Gasteiger partial charge in [-0.15, -0.1) is 10.2 Å². The van der Waals surface area contributed by atoms with Crippen LogP contribution in [-0.4, -0.2) is 48.8 Å². The first-order valence-corrected chi connectivity index (χ1v) is 12.9. The number of aromatic nitrogens is 4. The smallest absolute Gasteiger partial charge is 0.267 e. The Morgan fingerprint density at radius 2 is 1.71 bits per heavy atom. The fourth-order valence-electron chi connectivity index (χ4n) is 4.66. The first-order chi connectivity index (χ1) is 16.5. The molecule has 2 aromatic heterocycles. The van der Waals surface area contributed by atoms with Gasteiger partial charge in [0.1, 0.15) is 0 Å². The lowest BCUT2D eigenvalue weighted by Crippen LogP contribution is -2.35. The molecule has 1 aliphatic rings. The number of aryl methyl sites for hydroxylation is 2. The molecule has 176 valence electrons. The summed E-state index contributed by atoms with van der Waals surface area (Å²) in [6.45, 7) is 5.65. The Morgan fingerprint density at radius 1 is 0.971 bits per heavy atom. The molecule has 1 aliphatic heterocycles. The van der Waals surface area contributed by atoms with Crippen molar-refractivity contribution < 1.29 is 4.79 Å². The molecule has 1 fully saturated rings. The molecular formula is C26H29N5O2S. The lowest BCUT2D eigenvalue weighted by atomic mass is 10.1. The second kappa shape index (κ2) is 9.62. The lowest BCUT2D eigenvalue weighted by molar-refractivity contribution is -0.128. The minimum Gasteiger partial charge on any atom is -0.342 e. The molecule has 0 aliphatic carbocycles. The Labute approximate surface area is 202 Å². The summed E-state index contributed by atoms with van der Waals surface area (Å²) in [5.41, 5.74) is 3.45. The summed E-state index contributed by atoms with van der Waals surface area (Å²) in [4.78, 5) is 28.5. The Bertz CT molecular complexity index is 1420. The van der Waals surface area contributed by atoms with Crippen LogP contribution in [0.1, 0.15) is 43.2 Å². The van der Waals surface area contributed by atoms with Gasteiger partial charge in [-0.25, -0.2) is 4.57 Å². The summed E-state index contributed by atoms with van der Waals surface area (Å²) < 4.78 is 3.55. The summed E-state index contributed by atoms with van der Waals surface area (Å²) >= 11 is 1.39. The van der Waals surface area contributed by atoms with Crippen molar-refractivity contribution in [2.45, 2.75) is 51.1 Å². The van der Waals surface area contributed by atoms with Gasteiger partial charge in [0, 0.05) is 13.1 Å². The van der Waals surface area contributed by atoms with Gasteiger partial charge in [0.25, 0.3) is 5.56 Å². The van der Waals surface area contributed by atoms with Crippen molar-refractivity contribution in [1.29, 1.82) is 0 Å². The average molecular weight is 476 g/mol. The van der Waals surface area contributed by atoms with E-state index >= 15 is 0 Å². The Kier molecular flexibility index (Phi) is 6.41. The van der Waals surface area contributed by atoms with Crippen LogP contribution in [0.25, 0.3) is 22.4 Å². The van der Waals surface area contributed by atoms with Crippen LogP contribution < -0.4 is 5.56 Å². The molecular weight excluding hydrogens is 446 g/mol. The largest absolute Gasteiger partial charge is 0.342 e. The van der Waals surface area contributed by atoms with E-state index in [1.165, 1.54) is 31.0 Å². The quantitative estimate of drug-likeness (QED) is 0.406. The van der Waals surface area contributed by atoms with Crippen molar-refractivity contribution in [3.63, 3.8) is 0 Å². The second-order valence-electron chi connectivity index (χ2n) is 9.00. The standard InChI is InChI=1S/C26H29N5O2S/c1-18-12-13-19(2)22(16-18)30-24(33)20-10-6-7-11-21(20)31-25(30)27-28-26(31)34-17-23(32)29-14-8-4-3-5-9-15-29/h6-7,10-13,16H,3-5,8-9,14-15,17H2,1-2H3. The molecule has 3 heterocycles. The van der Waals surface area contributed by atoms with Crippen LogP contribution in [-0.2, 0) is 4.79 Å². The van der Waals surface area contributed by atoms with Crippen LogP contribution in [0.5, 0.6) is 0 Å². The van der Waals surface area contributed by atoms with E-state index in [1.54, 1.807) is 4.57 Å². The van der Waals surface area contributed by atoms with Gasteiger partial charge in [-0.05, 0) is 56.0 Å². The maximum absolute atomic E-state index is 13.6. The van der Waals surface area contributed by atoms with Gasteiger partial charge < -0.3 is 4.90 Å². The third-order valence-corrected chi connectivity index (χ3v) is 7.45. The van der Waals surface area contributed by atoms with Gasteiger partial charge >= 0.3 is 0 Å². The van der Waals surface area contributed by atoms with E-state index in [0.29, 0.717) is 22.1 Å². The number of fused-ring (bicyclic) bond motifs is 3. The van der Waals surface area contributed by atoms with Crippen molar-refractivity contribution in [3.8, 4) is 5.69 Å². The number of para-hydroxylation sites is 1. The van der Waals surface area contributed by atoms with Crippen LogP contribution >= 0.6 is 11.8 Å². The number of benzene rings is 2. The highest BCUT2D eigenvalue weighted by Gasteiger charge is 2.21. The summed E-state index contributed by atoms with van der Waals surface area (Å²) in [6.07, 6.45) is 5.77. The number of hydrogen-bond acceptors (Lipinski definition) is 5. The van der Waals surface area contributed by atoms with Crippen molar-refractivity contribution in [2.75, 3.05) is 18.8 Å². The van der Waals surface area contributed by atoms with Gasteiger partial charge in [0.2, 0.25) is 11.7 Å². The van der Waals surface area contributed by atoms with Crippen molar-refractivity contribution in [2.24, 2.45) is 0 Å². The van der Waals surface area contributed by atoms with Gasteiger partial charge in [-0.1, -0.05) is 55.3 Å². The Morgan fingerprint density at radius 3 is 2.50 bits per heavy atom. The van der Waals surface area contributed by atoms with Crippen molar-refractivity contribution in [3.05, 3.63) is 63.9 Å². The fourth-order valence-corrected chi connectivity index (χ4v) is 5.51. The van der Waals surface area contributed by atoms with Crippen molar-refractivity contribution >= 4 is 34.3 Å². The molecule has 0 unspecified atom stereocenters. The second-order valence-corrected chi connectivity index (χ2v) is 9.95. The zero-order chi connectivity index (χ0) is 23.7. The maximum atomic E-state index is 13.6. The molecule has 0 N–H and O–H groups in total. The molecule has 34 heavy (non-hydrogen) atoms. The highest BCUT2D eigenvalue weighted by molar-refractivity contribution is 7.99. The predicted octanol–water partition coefficient (Wildman–Crippen LogP) is 4.54. The average Bonchev–Trinajstić information content (AvgIpc) is 3.23. The van der Waals surface area contributed by atoms with E-state index in [1.807, 2.05) is 65.6 Å². The highest BCUT2D eigenvalue weighted by Crippen LogP contribution is 2.25. The molecule has 0 bridgehead atoms. The predicted molar refractivity (Wildman–Crippen MR) is 136 cm³/mol. The monoisotopic (exact) mass is 475 g/mol. The third kappa shape index (κ3) is 4.22. The van der Waals surface area contributed by atoms with Crippen LogP contribution in [0.15, 0.2) is 52.4 Å². The van der Waals surface area contributed by atoms with Crippen LogP contribution in [0.4, 0.5) is 0 Å². The minimum absolute atomic E-state index is 0.127. The van der Waals surface area contributed by atoms with E-state index in [4.69, 9.17) is 0 Å². The number of rotatable bonds is 4. The van der Waals surface area contributed by atoms with E-state index in [2.05, 4.69) is 10.2 Å². The zero-order valence-electron chi connectivity index (χ0n) is 19.7. The number of amides is 1. The van der Waals surface area contributed by atoms with E-state index in [9.17, 15) is 9.59 Å². The SMILES string of the molecule is Cc1ccc(C)c(-n2c(=O)c3ccccc3n3c(SCC(=O)N4CCCCCCC4)nnc23)c1. The molecule has 1 saturated heterocycles. The number of hydrogen-bond donors (Lipinski definition) is 0. The van der Waals surface area contributed by atoms with Crippen molar-refractivity contribution in [1.82, 2.24) is 24.1 Å². The zero-order valence-corrected chi connectivity index (χ0v) is 20.5. The molecule has 0 radical (unpaired) electrons. The minimum atomic E-state index is -0.127. The number of carbonyl (C=O) groups is 1. The maximum Gasteiger partial charge on any atom is 0.267 e. The van der Waals surface area contributed by atoms with E-state index in [0.717, 1.165) is 48.3 Å². The summed E-state index contributed by atoms with van der Waals surface area (Å²) in [5, 5.41) is 10.1. The molecule has 0 spiro atoms.